The van der Waals surface area contributed by atoms with Crippen molar-refractivity contribution in [3.63, 3.8) is 0 Å². The molecule has 2 rings (SSSR count). The van der Waals surface area contributed by atoms with Crippen molar-refractivity contribution >= 4 is 27.3 Å². The first kappa shape index (κ1) is 8.73. The first-order valence-electron chi connectivity index (χ1n) is 4.29. The highest BCUT2D eigenvalue weighted by Crippen LogP contribution is 2.33. The first-order valence-corrected chi connectivity index (χ1v) is 5.90. The van der Waals surface area contributed by atoms with E-state index in [4.69, 9.17) is 0 Å². The minimum atomic E-state index is 0.532. The Kier molecular flexibility index (Phi) is 2.53. The predicted molar refractivity (Wildman–Crippen MR) is 56.8 cm³/mol. The Hall–Kier alpha value is 0.140. The lowest BCUT2D eigenvalue weighted by Gasteiger charge is -2.08. The van der Waals surface area contributed by atoms with Gasteiger partial charge in [0, 0.05) is 10.9 Å². The summed E-state index contributed by atoms with van der Waals surface area (Å²) in [7, 11) is 0. The summed E-state index contributed by atoms with van der Waals surface area (Å²) >= 11 is 5.42. The number of aryl methyl sites for hydroxylation is 1. The molecule has 0 saturated carbocycles. The van der Waals surface area contributed by atoms with Gasteiger partial charge < -0.3 is 5.32 Å². The number of halogens is 1. The lowest BCUT2D eigenvalue weighted by atomic mass is 10.1. The van der Waals surface area contributed by atoms with Crippen LogP contribution in [0.25, 0.3) is 0 Å². The fourth-order valence-electron chi connectivity index (χ4n) is 1.65. The van der Waals surface area contributed by atoms with Crippen LogP contribution in [-0.4, -0.2) is 6.54 Å². The second kappa shape index (κ2) is 3.48. The quantitative estimate of drug-likeness (QED) is 0.741. The zero-order valence-corrected chi connectivity index (χ0v) is 9.46. The Balaban J connectivity index is 2.38. The molecule has 1 nitrogen and oxygen atoms in total. The SMILES string of the molecule is CC1NCCCc2sc(Br)cc21. The molecule has 0 spiro atoms. The molecule has 66 valence electrons. The molecule has 0 aromatic carbocycles. The summed E-state index contributed by atoms with van der Waals surface area (Å²) in [4.78, 5) is 1.55. The zero-order chi connectivity index (χ0) is 8.55. The molecular formula is C9H12BrNS. The summed E-state index contributed by atoms with van der Waals surface area (Å²) in [5.41, 5.74) is 1.49. The van der Waals surface area contributed by atoms with Crippen molar-refractivity contribution in [1.82, 2.24) is 5.32 Å². The molecule has 1 N–H and O–H groups in total. The molecule has 1 atom stereocenters. The average molecular weight is 246 g/mol. The molecule has 0 radical (unpaired) electrons. The van der Waals surface area contributed by atoms with Crippen LogP contribution < -0.4 is 5.32 Å². The lowest BCUT2D eigenvalue weighted by Crippen LogP contribution is -2.17. The molecule has 1 aromatic rings. The van der Waals surface area contributed by atoms with E-state index < -0.39 is 0 Å². The van der Waals surface area contributed by atoms with Crippen molar-refractivity contribution in [2.45, 2.75) is 25.8 Å². The number of nitrogens with one attached hydrogen (secondary N) is 1. The van der Waals surface area contributed by atoms with Gasteiger partial charge in [0.2, 0.25) is 0 Å². The van der Waals surface area contributed by atoms with Gasteiger partial charge in [0.15, 0.2) is 0 Å². The molecule has 1 aliphatic heterocycles. The molecule has 1 aliphatic rings. The van der Waals surface area contributed by atoms with Gasteiger partial charge >= 0.3 is 0 Å². The third-order valence-corrected chi connectivity index (χ3v) is 4.02. The van der Waals surface area contributed by atoms with Crippen LogP contribution in [0, 0.1) is 0 Å². The highest BCUT2D eigenvalue weighted by atomic mass is 79.9. The average Bonchev–Trinajstić information content (AvgIpc) is 2.33. The van der Waals surface area contributed by atoms with E-state index in [1.54, 1.807) is 4.88 Å². The first-order chi connectivity index (χ1) is 5.77. The molecule has 12 heavy (non-hydrogen) atoms. The van der Waals surface area contributed by atoms with Crippen LogP contribution >= 0.6 is 27.3 Å². The summed E-state index contributed by atoms with van der Waals surface area (Å²) in [5, 5.41) is 3.50. The van der Waals surface area contributed by atoms with E-state index in [9.17, 15) is 0 Å². The lowest BCUT2D eigenvalue weighted by molar-refractivity contribution is 0.582. The highest BCUT2D eigenvalue weighted by Gasteiger charge is 2.16. The van der Waals surface area contributed by atoms with Crippen LogP contribution in [0.2, 0.25) is 0 Å². The minimum Gasteiger partial charge on any atom is -0.310 e. The van der Waals surface area contributed by atoms with E-state index in [1.165, 1.54) is 22.2 Å². The van der Waals surface area contributed by atoms with Crippen LogP contribution in [0.5, 0.6) is 0 Å². The number of hydrogen-bond donors (Lipinski definition) is 1. The third-order valence-electron chi connectivity index (χ3n) is 2.31. The van der Waals surface area contributed by atoms with Crippen LogP contribution in [0.4, 0.5) is 0 Å². The Labute approximate surface area is 85.3 Å². The van der Waals surface area contributed by atoms with Crippen molar-refractivity contribution < 1.29 is 0 Å². The van der Waals surface area contributed by atoms with E-state index in [-0.39, 0.29) is 0 Å². The van der Waals surface area contributed by atoms with Crippen LogP contribution in [0.1, 0.15) is 29.8 Å². The molecule has 0 saturated heterocycles. The summed E-state index contributed by atoms with van der Waals surface area (Å²) in [6.45, 7) is 3.39. The van der Waals surface area contributed by atoms with Crippen molar-refractivity contribution in [2.75, 3.05) is 6.54 Å². The molecule has 2 heterocycles. The maximum atomic E-state index is 3.54. The fourth-order valence-corrected chi connectivity index (χ4v) is 3.50. The second-order valence-electron chi connectivity index (χ2n) is 3.21. The molecular weight excluding hydrogens is 234 g/mol. The van der Waals surface area contributed by atoms with Crippen LogP contribution in [-0.2, 0) is 6.42 Å². The normalized spacial score (nSPS) is 23.3. The molecule has 3 heteroatoms. The highest BCUT2D eigenvalue weighted by molar-refractivity contribution is 9.11. The largest absolute Gasteiger partial charge is 0.310 e. The van der Waals surface area contributed by atoms with Gasteiger partial charge in [-0.25, -0.2) is 0 Å². The molecule has 0 fully saturated rings. The van der Waals surface area contributed by atoms with Gasteiger partial charge in [0.05, 0.1) is 3.79 Å². The van der Waals surface area contributed by atoms with Gasteiger partial charge in [-0.3, -0.25) is 0 Å². The number of hydrogen-bond acceptors (Lipinski definition) is 2. The van der Waals surface area contributed by atoms with Crippen LogP contribution in [0.3, 0.4) is 0 Å². The molecule has 1 unspecified atom stereocenters. The van der Waals surface area contributed by atoms with E-state index in [0.29, 0.717) is 6.04 Å². The Morgan fingerprint density at radius 2 is 2.50 bits per heavy atom. The molecule has 1 aromatic heterocycles. The molecule has 0 bridgehead atoms. The minimum absolute atomic E-state index is 0.532. The van der Waals surface area contributed by atoms with Crippen molar-refractivity contribution in [3.05, 3.63) is 20.3 Å². The zero-order valence-electron chi connectivity index (χ0n) is 7.06. The molecule has 0 amide bonds. The second-order valence-corrected chi connectivity index (χ2v) is 5.72. The van der Waals surface area contributed by atoms with Gasteiger partial charge in [0.25, 0.3) is 0 Å². The van der Waals surface area contributed by atoms with E-state index in [0.717, 1.165) is 6.54 Å². The molecule has 0 aliphatic carbocycles. The number of thiophene rings is 1. The predicted octanol–water partition coefficient (Wildman–Crippen LogP) is 3.11. The van der Waals surface area contributed by atoms with Gasteiger partial charge in [-0.15, -0.1) is 11.3 Å². The van der Waals surface area contributed by atoms with Gasteiger partial charge in [0.1, 0.15) is 0 Å². The monoisotopic (exact) mass is 245 g/mol. The van der Waals surface area contributed by atoms with Crippen molar-refractivity contribution in [1.29, 1.82) is 0 Å². The van der Waals surface area contributed by atoms with E-state index in [2.05, 4.69) is 34.2 Å². The Bertz CT molecular complexity index is 282. The van der Waals surface area contributed by atoms with E-state index >= 15 is 0 Å². The maximum absolute atomic E-state index is 3.54. The summed E-state index contributed by atoms with van der Waals surface area (Å²) in [5.74, 6) is 0. The fraction of sp³-hybridized carbons (Fsp3) is 0.556. The Morgan fingerprint density at radius 1 is 1.67 bits per heavy atom. The summed E-state index contributed by atoms with van der Waals surface area (Å²) in [6.07, 6.45) is 2.51. The van der Waals surface area contributed by atoms with Crippen molar-refractivity contribution in [2.24, 2.45) is 0 Å². The van der Waals surface area contributed by atoms with Gasteiger partial charge in [-0.05, 0) is 53.9 Å². The maximum Gasteiger partial charge on any atom is 0.0704 e. The van der Waals surface area contributed by atoms with Gasteiger partial charge in [-0.2, -0.15) is 0 Å². The number of fused-ring (bicyclic) bond motifs is 1. The summed E-state index contributed by atoms with van der Waals surface area (Å²) in [6, 6.07) is 2.79. The topological polar surface area (TPSA) is 12.0 Å². The summed E-state index contributed by atoms with van der Waals surface area (Å²) < 4.78 is 1.27. The third kappa shape index (κ3) is 1.58. The van der Waals surface area contributed by atoms with Crippen LogP contribution in [0.15, 0.2) is 9.85 Å². The number of rotatable bonds is 0. The standard InChI is InChI=1S/C9H12BrNS/c1-6-7-5-9(10)12-8(7)3-2-4-11-6/h5-6,11H,2-4H2,1H3. The van der Waals surface area contributed by atoms with Crippen molar-refractivity contribution in [3.8, 4) is 0 Å². The Morgan fingerprint density at radius 3 is 3.33 bits per heavy atom. The van der Waals surface area contributed by atoms with E-state index in [1.807, 2.05) is 11.3 Å². The smallest absolute Gasteiger partial charge is 0.0704 e. The van der Waals surface area contributed by atoms with Gasteiger partial charge in [-0.1, -0.05) is 0 Å².